The highest BCUT2D eigenvalue weighted by Gasteiger charge is 2.25. The minimum atomic E-state index is -3.94. The predicted molar refractivity (Wildman–Crippen MR) is 60.0 cm³/mol. The third-order valence-electron chi connectivity index (χ3n) is 2.16. The maximum atomic E-state index is 11.8. The Labute approximate surface area is 99.0 Å². The number of benzene rings is 1. The molecule has 0 saturated carbocycles. The van der Waals surface area contributed by atoms with Crippen LogP contribution in [0.1, 0.15) is 5.56 Å². The molecule has 17 heavy (non-hydrogen) atoms. The maximum absolute atomic E-state index is 11.8. The van der Waals surface area contributed by atoms with Crippen molar-refractivity contribution in [3.8, 4) is 0 Å². The zero-order valence-corrected chi connectivity index (χ0v) is 9.94. The molecule has 0 aliphatic carbocycles. The maximum Gasteiger partial charge on any atom is 0.324 e. The third-order valence-corrected chi connectivity index (χ3v) is 3.79. The fourth-order valence-corrected chi connectivity index (χ4v) is 2.70. The molecule has 0 unspecified atom stereocenters. The van der Waals surface area contributed by atoms with E-state index in [0.717, 1.165) is 0 Å². The summed E-state index contributed by atoms with van der Waals surface area (Å²) in [6.07, 6.45) is 0. The highest BCUT2D eigenvalue weighted by Crippen LogP contribution is 2.14. The van der Waals surface area contributed by atoms with Crippen LogP contribution >= 0.6 is 0 Å². The van der Waals surface area contributed by atoms with Crippen molar-refractivity contribution in [1.29, 1.82) is 0 Å². The van der Waals surface area contributed by atoms with E-state index in [1.807, 2.05) is 4.72 Å². The van der Waals surface area contributed by atoms with Gasteiger partial charge < -0.3 is 10.2 Å². The van der Waals surface area contributed by atoms with Crippen LogP contribution in [0.25, 0.3) is 0 Å². The Morgan fingerprint density at radius 3 is 2.47 bits per heavy atom. The van der Waals surface area contributed by atoms with E-state index in [1.165, 1.54) is 12.1 Å². The Morgan fingerprint density at radius 1 is 1.41 bits per heavy atom. The molecule has 0 aliphatic rings. The van der Waals surface area contributed by atoms with Crippen LogP contribution in [0.4, 0.5) is 0 Å². The molecule has 1 rings (SSSR count). The Hall–Kier alpha value is -1.44. The molecule has 0 amide bonds. The number of aliphatic carboxylic acids is 1. The van der Waals surface area contributed by atoms with Crippen LogP contribution in [0, 0.1) is 6.92 Å². The van der Waals surface area contributed by atoms with Crippen molar-refractivity contribution in [2.75, 3.05) is 6.61 Å². The van der Waals surface area contributed by atoms with Gasteiger partial charge in [0.25, 0.3) is 0 Å². The highest BCUT2D eigenvalue weighted by atomic mass is 32.2. The lowest BCUT2D eigenvalue weighted by Gasteiger charge is -2.13. The normalized spacial score (nSPS) is 13.3. The number of aliphatic hydroxyl groups is 1. The molecule has 6 nitrogen and oxygen atoms in total. The summed E-state index contributed by atoms with van der Waals surface area (Å²) >= 11 is 0. The molecule has 0 saturated heterocycles. The number of aryl methyl sites for hydroxylation is 1. The van der Waals surface area contributed by atoms with Crippen LogP contribution in [0.2, 0.25) is 0 Å². The summed E-state index contributed by atoms with van der Waals surface area (Å²) in [7, 11) is -3.94. The first-order valence-electron chi connectivity index (χ1n) is 4.80. The van der Waals surface area contributed by atoms with E-state index in [4.69, 9.17) is 10.2 Å². The van der Waals surface area contributed by atoms with Crippen LogP contribution in [0.5, 0.6) is 0 Å². The topological polar surface area (TPSA) is 104 Å². The number of nitrogens with one attached hydrogen (secondary N) is 1. The van der Waals surface area contributed by atoms with Crippen molar-refractivity contribution in [1.82, 2.24) is 4.72 Å². The molecule has 3 N–H and O–H groups in total. The van der Waals surface area contributed by atoms with Crippen LogP contribution in [-0.2, 0) is 14.8 Å². The number of hydrogen-bond donors (Lipinski definition) is 3. The summed E-state index contributed by atoms with van der Waals surface area (Å²) < 4.78 is 25.6. The van der Waals surface area contributed by atoms with Crippen molar-refractivity contribution < 1.29 is 23.4 Å². The second kappa shape index (κ2) is 5.26. The number of carbonyl (C=O) groups is 1. The largest absolute Gasteiger partial charge is 0.480 e. The number of aliphatic hydroxyl groups excluding tert-OH is 1. The highest BCUT2D eigenvalue weighted by molar-refractivity contribution is 7.89. The summed E-state index contributed by atoms with van der Waals surface area (Å²) in [6, 6.07) is 4.64. The number of rotatable bonds is 5. The van der Waals surface area contributed by atoms with Crippen LogP contribution < -0.4 is 4.72 Å². The van der Waals surface area contributed by atoms with Gasteiger partial charge in [-0.25, -0.2) is 8.42 Å². The lowest BCUT2D eigenvalue weighted by Crippen LogP contribution is -2.43. The predicted octanol–water partition coefficient (Wildman–Crippen LogP) is -0.281. The molecule has 7 heteroatoms. The zero-order chi connectivity index (χ0) is 13.1. The standard InChI is InChI=1S/C10H13NO5S/c1-7-4-2-3-5-9(7)17(15,16)11-8(6-12)10(13)14/h2-5,8,11-12H,6H2,1H3,(H,13,14)/t8-/m0/s1. The van der Waals surface area contributed by atoms with Gasteiger partial charge in [-0.1, -0.05) is 18.2 Å². The van der Waals surface area contributed by atoms with E-state index in [1.54, 1.807) is 19.1 Å². The van der Waals surface area contributed by atoms with Gasteiger partial charge in [0.2, 0.25) is 10.0 Å². The molecule has 1 aromatic rings. The molecular formula is C10H13NO5S. The minimum Gasteiger partial charge on any atom is -0.480 e. The zero-order valence-electron chi connectivity index (χ0n) is 9.12. The fourth-order valence-electron chi connectivity index (χ4n) is 1.27. The SMILES string of the molecule is Cc1ccccc1S(=O)(=O)N[C@@H](CO)C(=O)O. The van der Waals surface area contributed by atoms with Gasteiger partial charge in [0.15, 0.2) is 0 Å². The van der Waals surface area contributed by atoms with Gasteiger partial charge >= 0.3 is 5.97 Å². The van der Waals surface area contributed by atoms with E-state index in [2.05, 4.69) is 0 Å². The quantitative estimate of drug-likeness (QED) is 0.674. The van der Waals surface area contributed by atoms with Gasteiger partial charge in [-0.15, -0.1) is 0 Å². The average Bonchev–Trinajstić information content (AvgIpc) is 2.26. The van der Waals surface area contributed by atoms with Crippen molar-refractivity contribution in [2.24, 2.45) is 0 Å². The van der Waals surface area contributed by atoms with Gasteiger partial charge in [0.05, 0.1) is 11.5 Å². The lowest BCUT2D eigenvalue weighted by molar-refractivity contribution is -0.139. The first-order chi connectivity index (χ1) is 7.88. The second-order valence-corrected chi connectivity index (χ2v) is 5.14. The van der Waals surface area contributed by atoms with Crippen LogP contribution in [-0.4, -0.2) is 37.2 Å². The van der Waals surface area contributed by atoms with Crippen molar-refractivity contribution in [2.45, 2.75) is 17.9 Å². The fraction of sp³-hybridized carbons (Fsp3) is 0.300. The summed E-state index contributed by atoms with van der Waals surface area (Å²) in [6.45, 7) is 0.795. The monoisotopic (exact) mass is 259 g/mol. The summed E-state index contributed by atoms with van der Waals surface area (Å²) in [5.41, 5.74) is 0.502. The first kappa shape index (κ1) is 13.6. The van der Waals surface area contributed by atoms with Gasteiger partial charge in [0, 0.05) is 0 Å². The van der Waals surface area contributed by atoms with Crippen LogP contribution in [0.3, 0.4) is 0 Å². The molecule has 0 fully saturated rings. The third kappa shape index (κ3) is 3.26. The molecule has 0 aliphatic heterocycles. The van der Waals surface area contributed by atoms with E-state index in [9.17, 15) is 13.2 Å². The van der Waals surface area contributed by atoms with E-state index < -0.39 is 28.6 Å². The van der Waals surface area contributed by atoms with Crippen molar-refractivity contribution >= 4 is 16.0 Å². The molecule has 1 aromatic carbocycles. The lowest BCUT2D eigenvalue weighted by atomic mass is 10.2. The smallest absolute Gasteiger partial charge is 0.324 e. The molecule has 0 bridgehead atoms. The van der Waals surface area contributed by atoms with E-state index >= 15 is 0 Å². The molecule has 0 aromatic heterocycles. The molecule has 0 heterocycles. The molecule has 1 atom stereocenters. The number of sulfonamides is 1. The Morgan fingerprint density at radius 2 is 2.00 bits per heavy atom. The number of hydrogen-bond acceptors (Lipinski definition) is 4. The first-order valence-corrected chi connectivity index (χ1v) is 6.28. The Bertz CT molecular complexity index is 511. The van der Waals surface area contributed by atoms with E-state index in [0.29, 0.717) is 5.56 Å². The number of carboxylic acid groups (broad SMARTS) is 1. The van der Waals surface area contributed by atoms with Crippen molar-refractivity contribution in [3.63, 3.8) is 0 Å². The average molecular weight is 259 g/mol. The van der Waals surface area contributed by atoms with E-state index in [-0.39, 0.29) is 4.90 Å². The van der Waals surface area contributed by atoms with Gasteiger partial charge in [-0.05, 0) is 18.6 Å². The number of carboxylic acids is 1. The Balaban J connectivity index is 3.05. The summed E-state index contributed by atoms with van der Waals surface area (Å²) in [5, 5.41) is 17.4. The summed E-state index contributed by atoms with van der Waals surface area (Å²) in [5.74, 6) is -1.43. The van der Waals surface area contributed by atoms with Gasteiger partial charge in [-0.3, -0.25) is 4.79 Å². The minimum absolute atomic E-state index is 0.000278. The summed E-state index contributed by atoms with van der Waals surface area (Å²) in [4.78, 5) is 10.6. The molecule has 94 valence electrons. The van der Waals surface area contributed by atoms with Crippen LogP contribution in [0.15, 0.2) is 29.2 Å². The van der Waals surface area contributed by atoms with Crippen molar-refractivity contribution in [3.05, 3.63) is 29.8 Å². The molecule has 0 spiro atoms. The second-order valence-electron chi connectivity index (χ2n) is 3.46. The molecule has 0 radical (unpaired) electrons. The van der Waals surface area contributed by atoms with Gasteiger partial charge in [0.1, 0.15) is 6.04 Å². The molecular weight excluding hydrogens is 246 g/mol. The van der Waals surface area contributed by atoms with Gasteiger partial charge in [-0.2, -0.15) is 4.72 Å². The Kier molecular flexibility index (Phi) is 4.22.